The van der Waals surface area contributed by atoms with E-state index >= 15 is 0 Å². The van der Waals surface area contributed by atoms with Crippen LogP contribution in [0.5, 0.6) is 0 Å². The van der Waals surface area contributed by atoms with Gasteiger partial charge in [0.25, 0.3) is 0 Å². The van der Waals surface area contributed by atoms with Crippen molar-refractivity contribution in [2.24, 2.45) is 11.3 Å². The first-order valence-electron chi connectivity index (χ1n) is 6.40. The topological polar surface area (TPSA) is 66.4 Å². The predicted molar refractivity (Wildman–Crippen MR) is 73.7 cm³/mol. The second-order valence-corrected chi connectivity index (χ2v) is 6.60. The van der Waals surface area contributed by atoms with Crippen molar-refractivity contribution < 1.29 is 14.7 Å². The van der Waals surface area contributed by atoms with E-state index in [1.165, 1.54) is 0 Å². The molecule has 5 heteroatoms. The number of amides is 1. The smallest absolute Gasteiger partial charge is 0.326 e. The van der Waals surface area contributed by atoms with Gasteiger partial charge in [0.05, 0.1) is 0 Å². The predicted octanol–water partition coefficient (Wildman–Crippen LogP) is 2.14. The molecule has 1 amide bonds. The molecule has 0 spiro atoms. The Kier molecular flexibility index (Phi) is 5.50. The third kappa shape index (κ3) is 3.90. The van der Waals surface area contributed by atoms with Crippen molar-refractivity contribution in [2.45, 2.75) is 45.6 Å². The van der Waals surface area contributed by atoms with Crippen LogP contribution in [0, 0.1) is 11.3 Å². The second-order valence-electron chi connectivity index (χ2n) is 5.61. The van der Waals surface area contributed by atoms with Crippen molar-refractivity contribution in [2.75, 3.05) is 12.0 Å². The third-order valence-corrected chi connectivity index (χ3v) is 4.44. The van der Waals surface area contributed by atoms with E-state index in [4.69, 9.17) is 5.11 Å². The first kappa shape index (κ1) is 15.3. The Morgan fingerprint density at radius 3 is 2.61 bits per heavy atom. The molecule has 18 heavy (non-hydrogen) atoms. The Hall–Kier alpha value is -0.710. The minimum Gasteiger partial charge on any atom is -0.480 e. The molecule has 0 heterocycles. The summed E-state index contributed by atoms with van der Waals surface area (Å²) in [6, 6.07) is -0.749. The average Bonchev–Trinajstić information content (AvgIpc) is 2.63. The molecule has 0 saturated heterocycles. The third-order valence-electron chi connectivity index (χ3n) is 3.80. The summed E-state index contributed by atoms with van der Waals surface area (Å²) >= 11 is 1.59. The molecule has 0 aromatic rings. The highest BCUT2D eigenvalue weighted by molar-refractivity contribution is 7.98. The number of nitrogens with one attached hydrogen (secondary N) is 1. The van der Waals surface area contributed by atoms with E-state index in [2.05, 4.69) is 19.2 Å². The summed E-state index contributed by atoms with van der Waals surface area (Å²) in [7, 11) is 0. The molecule has 1 unspecified atom stereocenters. The molecular weight excluding hydrogens is 250 g/mol. The van der Waals surface area contributed by atoms with Gasteiger partial charge in [-0.05, 0) is 36.7 Å². The summed E-state index contributed by atoms with van der Waals surface area (Å²) in [6.07, 6.45) is 5.37. The largest absolute Gasteiger partial charge is 0.480 e. The Bertz CT molecular complexity index is 317. The highest BCUT2D eigenvalue weighted by Gasteiger charge is 2.40. The maximum Gasteiger partial charge on any atom is 0.326 e. The molecule has 1 aliphatic rings. The molecule has 1 aliphatic carbocycles. The van der Waals surface area contributed by atoms with Crippen molar-refractivity contribution >= 4 is 23.6 Å². The molecule has 0 aliphatic heterocycles. The van der Waals surface area contributed by atoms with E-state index in [1.54, 1.807) is 11.8 Å². The van der Waals surface area contributed by atoms with Crippen LogP contribution >= 0.6 is 11.8 Å². The Balaban J connectivity index is 2.58. The number of thioether (sulfide) groups is 1. The highest BCUT2D eigenvalue weighted by atomic mass is 32.2. The lowest BCUT2D eigenvalue weighted by atomic mass is 9.81. The number of aliphatic carboxylic acids is 1. The van der Waals surface area contributed by atoms with Gasteiger partial charge in [0, 0.05) is 5.92 Å². The van der Waals surface area contributed by atoms with Crippen LogP contribution in [0.2, 0.25) is 0 Å². The summed E-state index contributed by atoms with van der Waals surface area (Å²) in [5.41, 5.74) is -0.00730. The van der Waals surface area contributed by atoms with Crippen molar-refractivity contribution in [3.8, 4) is 0 Å². The lowest BCUT2D eigenvalue weighted by Crippen LogP contribution is -2.46. The summed E-state index contributed by atoms with van der Waals surface area (Å²) in [4.78, 5) is 23.3. The van der Waals surface area contributed by atoms with Crippen LogP contribution in [0.1, 0.15) is 39.5 Å². The van der Waals surface area contributed by atoms with Crippen molar-refractivity contribution in [1.29, 1.82) is 0 Å². The van der Waals surface area contributed by atoms with Crippen LogP contribution in [-0.4, -0.2) is 35.0 Å². The van der Waals surface area contributed by atoms with Crippen LogP contribution in [0.3, 0.4) is 0 Å². The number of carbonyl (C=O) groups excluding carboxylic acids is 1. The summed E-state index contributed by atoms with van der Waals surface area (Å²) in [6.45, 7) is 4.17. The van der Waals surface area contributed by atoms with Gasteiger partial charge in [0.15, 0.2) is 0 Å². The average molecular weight is 273 g/mol. The number of hydrogen-bond acceptors (Lipinski definition) is 3. The lowest BCUT2D eigenvalue weighted by Gasteiger charge is -2.27. The van der Waals surface area contributed by atoms with Crippen LogP contribution in [-0.2, 0) is 9.59 Å². The molecule has 4 nitrogen and oxygen atoms in total. The Morgan fingerprint density at radius 1 is 1.50 bits per heavy atom. The number of rotatable bonds is 6. The molecular formula is C13H23NO3S. The summed E-state index contributed by atoms with van der Waals surface area (Å²) in [5.74, 6) is -0.335. The van der Waals surface area contributed by atoms with Gasteiger partial charge in [0.1, 0.15) is 6.04 Å². The quantitative estimate of drug-likeness (QED) is 0.778. The highest BCUT2D eigenvalue weighted by Crippen LogP contribution is 2.42. The minimum absolute atomic E-state index is 0.00730. The van der Waals surface area contributed by atoms with Gasteiger partial charge in [0.2, 0.25) is 5.91 Å². The molecule has 1 rings (SSSR count). The molecule has 2 atom stereocenters. The number of hydrogen-bond donors (Lipinski definition) is 2. The van der Waals surface area contributed by atoms with Crippen molar-refractivity contribution in [1.82, 2.24) is 5.32 Å². The standard InChI is InChI=1S/C13H23NO3S/c1-13(2)7-4-5-9(13)11(15)14-10(12(16)17)6-8-18-3/h9-10H,4-8H2,1-3H3,(H,14,15)(H,16,17)/t9?,10-/m1/s1. The Morgan fingerprint density at radius 2 is 2.17 bits per heavy atom. The van der Waals surface area contributed by atoms with Gasteiger partial charge in [-0.25, -0.2) is 4.79 Å². The van der Waals surface area contributed by atoms with E-state index < -0.39 is 12.0 Å². The van der Waals surface area contributed by atoms with Crippen LogP contribution in [0.15, 0.2) is 0 Å². The fraction of sp³-hybridized carbons (Fsp3) is 0.846. The van der Waals surface area contributed by atoms with Gasteiger partial charge >= 0.3 is 5.97 Å². The zero-order chi connectivity index (χ0) is 13.8. The summed E-state index contributed by atoms with van der Waals surface area (Å²) < 4.78 is 0. The zero-order valence-corrected chi connectivity index (χ0v) is 12.2. The van der Waals surface area contributed by atoms with Gasteiger partial charge in [-0.1, -0.05) is 20.3 Å². The molecule has 0 radical (unpaired) electrons. The molecule has 0 aromatic carbocycles. The lowest BCUT2D eigenvalue weighted by molar-refractivity contribution is -0.143. The number of carboxylic acid groups (broad SMARTS) is 1. The first-order valence-corrected chi connectivity index (χ1v) is 7.80. The van der Waals surface area contributed by atoms with E-state index in [-0.39, 0.29) is 17.2 Å². The van der Waals surface area contributed by atoms with E-state index in [1.807, 2.05) is 6.26 Å². The summed E-state index contributed by atoms with van der Waals surface area (Å²) in [5, 5.41) is 11.8. The van der Waals surface area contributed by atoms with Gasteiger partial charge in [-0.15, -0.1) is 0 Å². The van der Waals surface area contributed by atoms with Crippen LogP contribution < -0.4 is 5.32 Å². The zero-order valence-electron chi connectivity index (χ0n) is 11.4. The molecule has 1 saturated carbocycles. The maximum atomic E-state index is 12.2. The molecule has 1 fully saturated rings. The fourth-order valence-corrected chi connectivity index (χ4v) is 3.05. The molecule has 0 bridgehead atoms. The van der Waals surface area contributed by atoms with E-state index in [0.717, 1.165) is 25.0 Å². The maximum absolute atomic E-state index is 12.2. The fourth-order valence-electron chi connectivity index (χ4n) is 2.58. The van der Waals surface area contributed by atoms with Crippen LogP contribution in [0.4, 0.5) is 0 Å². The van der Waals surface area contributed by atoms with Gasteiger partial charge < -0.3 is 10.4 Å². The Labute approximate surface area is 113 Å². The normalized spacial score (nSPS) is 23.6. The number of carbonyl (C=O) groups is 2. The first-order chi connectivity index (χ1) is 8.38. The minimum atomic E-state index is -0.937. The van der Waals surface area contributed by atoms with Crippen molar-refractivity contribution in [3.63, 3.8) is 0 Å². The SMILES string of the molecule is CSCC[C@@H](NC(=O)C1CCCC1(C)C)C(=O)O. The molecule has 104 valence electrons. The molecule has 2 N–H and O–H groups in total. The van der Waals surface area contributed by atoms with E-state index in [0.29, 0.717) is 6.42 Å². The van der Waals surface area contributed by atoms with Crippen LogP contribution in [0.25, 0.3) is 0 Å². The van der Waals surface area contributed by atoms with Gasteiger partial charge in [-0.2, -0.15) is 11.8 Å². The molecule has 0 aromatic heterocycles. The second kappa shape index (κ2) is 6.45. The number of carboxylic acids is 1. The monoisotopic (exact) mass is 273 g/mol. The van der Waals surface area contributed by atoms with E-state index in [9.17, 15) is 9.59 Å². The van der Waals surface area contributed by atoms with Gasteiger partial charge in [-0.3, -0.25) is 4.79 Å². The van der Waals surface area contributed by atoms with Crippen molar-refractivity contribution in [3.05, 3.63) is 0 Å².